The Balaban J connectivity index is 2.23. The van der Waals surface area contributed by atoms with Gasteiger partial charge in [0.2, 0.25) is 5.91 Å². The van der Waals surface area contributed by atoms with Crippen LogP contribution in [0.15, 0.2) is 30.3 Å². The smallest absolute Gasteiger partial charge is 0.234 e. The van der Waals surface area contributed by atoms with Crippen LogP contribution >= 0.6 is 0 Å². The van der Waals surface area contributed by atoms with E-state index in [-0.39, 0.29) is 17.4 Å². The zero-order valence-corrected chi connectivity index (χ0v) is 13.6. The number of fused-ring (bicyclic) bond motifs is 1. The van der Waals surface area contributed by atoms with E-state index in [1.54, 1.807) is 12.1 Å². The van der Waals surface area contributed by atoms with E-state index in [0.29, 0.717) is 11.1 Å². The molecule has 2 aromatic rings. The summed E-state index contributed by atoms with van der Waals surface area (Å²) in [5.41, 5.74) is 2.78. The molecule has 3 N–H and O–H groups in total. The molecular weight excluding hydrogens is 290 g/mol. The molecule has 2 aromatic carbocycles. The van der Waals surface area contributed by atoms with Crippen molar-refractivity contribution in [1.29, 1.82) is 0 Å². The van der Waals surface area contributed by atoms with Gasteiger partial charge >= 0.3 is 0 Å². The Hall–Kier alpha value is -2.49. The number of anilines is 1. The summed E-state index contributed by atoms with van der Waals surface area (Å²) in [6, 6.07) is 8.86. The van der Waals surface area contributed by atoms with Gasteiger partial charge in [-0.2, -0.15) is 0 Å². The van der Waals surface area contributed by atoms with E-state index in [0.717, 1.165) is 29.7 Å². The number of aromatic hydroxyl groups is 2. The summed E-state index contributed by atoms with van der Waals surface area (Å²) in [5.74, 6) is -0.00414. The number of carbonyl (C=O) groups is 1. The molecule has 0 bridgehead atoms. The summed E-state index contributed by atoms with van der Waals surface area (Å²) in [6.45, 7) is 5.74. The van der Waals surface area contributed by atoms with Gasteiger partial charge in [0.05, 0.1) is 11.0 Å². The van der Waals surface area contributed by atoms with Crippen molar-refractivity contribution in [2.45, 2.75) is 39.0 Å². The summed E-state index contributed by atoms with van der Waals surface area (Å²) >= 11 is 0. The molecule has 1 heterocycles. The Morgan fingerprint density at radius 1 is 1.13 bits per heavy atom. The van der Waals surface area contributed by atoms with Gasteiger partial charge in [-0.05, 0) is 55.2 Å². The van der Waals surface area contributed by atoms with Crippen molar-refractivity contribution in [2.24, 2.45) is 0 Å². The van der Waals surface area contributed by atoms with Gasteiger partial charge in [0.15, 0.2) is 0 Å². The van der Waals surface area contributed by atoms with Crippen molar-refractivity contribution in [3.8, 4) is 22.6 Å². The zero-order chi connectivity index (χ0) is 16.8. The molecule has 0 aromatic heterocycles. The van der Waals surface area contributed by atoms with E-state index in [1.165, 1.54) is 0 Å². The second-order valence-corrected chi connectivity index (χ2v) is 6.57. The molecule has 1 aliphatic rings. The molecule has 0 fully saturated rings. The van der Waals surface area contributed by atoms with Crippen molar-refractivity contribution in [1.82, 2.24) is 0 Å². The fourth-order valence-electron chi connectivity index (χ4n) is 3.31. The SMILES string of the molecule is CCCc1cc(O)c(-c2cccc3c2C(C)(C)C(=O)N3)c(O)c1. The lowest BCUT2D eigenvalue weighted by atomic mass is 9.81. The van der Waals surface area contributed by atoms with Crippen LogP contribution in [0.5, 0.6) is 11.5 Å². The average molecular weight is 311 g/mol. The van der Waals surface area contributed by atoms with Crippen molar-refractivity contribution >= 4 is 11.6 Å². The number of hydrogen-bond acceptors (Lipinski definition) is 3. The van der Waals surface area contributed by atoms with Crippen molar-refractivity contribution in [3.63, 3.8) is 0 Å². The lowest BCUT2D eigenvalue weighted by Gasteiger charge is -2.20. The second-order valence-electron chi connectivity index (χ2n) is 6.57. The Morgan fingerprint density at radius 2 is 1.78 bits per heavy atom. The number of nitrogens with one attached hydrogen (secondary N) is 1. The third-order valence-electron chi connectivity index (χ3n) is 4.47. The third-order valence-corrected chi connectivity index (χ3v) is 4.47. The number of rotatable bonds is 3. The molecule has 0 aliphatic carbocycles. The number of carbonyl (C=O) groups excluding carboxylic acids is 1. The molecule has 4 nitrogen and oxygen atoms in total. The first-order valence-corrected chi connectivity index (χ1v) is 7.86. The molecular formula is C19H21NO3. The second kappa shape index (κ2) is 5.30. The topological polar surface area (TPSA) is 69.6 Å². The van der Waals surface area contributed by atoms with E-state index in [9.17, 15) is 15.0 Å². The Morgan fingerprint density at radius 3 is 2.39 bits per heavy atom. The highest BCUT2D eigenvalue weighted by Gasteiger charge is 2.40. The van der Waals surface area contributed by atoms with Crippen LogP contribution in [-0.2, 0) is 16.6 Å². The summed E-state index contributed by atoms with van der Waals surface area (Å²) in [7, 11) is 0. The summed E-state index contributed by atoms with van der Waals surface area (Å²) in [4.78, 5) is 12.2. The molecule has 1 aliphatic heterocycles. The van der Waals surface area contributed by atoms with Gasteiger partial charge in [-0.3, -0.25) is 4.79 Å². The molecule has 0 saturated carbocycles. The van der Waals surface area contributed by atoms with Gasteiger partial charge in [0.25, 0.3) is 0 Å². The molecule has 4 heteroatoms. The Labute approximate surface area is 135 Å². The molecule has 1 amide bonds. The maximum absolute atomic E-state index is 12.2. The quantitative estimate of drug-likeness (QED) is 0.804. The van der Waals surface area contributed by atoms with E-state index in [1.807, 2.05) is 39.0 Å². The lowest BCUT2D eigenvalue weighted by Crippen LogP contribution is -2.27. The average Bonchev–Trinajstić information content (AvgIpc) is 2.69. The van der Waals surface area contributed by atoms with Crippen LogP contribution in [0.25, 0.3) is 11.1 Å². The standard InChI is InChI=1S/C19H21NO3/c1-4-6-11-9-14(21)16(15(22)10-11)12-7-5-8-13-17(12)19(2,3)18(23)20-13/h5,7-10,21-22H,4,6H2,1-3H3,(H,20,23). The van der Waals surface area contributed by atoms with Gasteiger partial charge in [-0.25, -0.2) is 0 Å². The molecule has 3 rings (SSSR count). The van der Waals surface area contributed by atoms with Gasteiger partial charge in [0, 0.05) is 5.69 Å². The van der Waals surface area contributed by atoms with Crippen LogP contribution in [0.3, 0.4) is 0 Å². The van der Waals surface area contributed by atoms with Gasteiger partial charge < -0.3 is 15.5 Å². The van der Waals surface area contributed by atoms with Crippen LogP contribution < -0.4 is 5.32 Å². The predicted molar refractivity (Wildman–Crippen MR) is 90.9 cm³/mol. The highest BCUT2D eigenvalue weighted by atomic mass is 16.3. The minimum atomic E-state index is -0.715. The summed E-state index contributed by atoms with van der Waals surface area (Å²) in [5, 5.41) is 23.8. The van der Waals surface area contributed by atoms with Crippen LogP contribution in [0.2, 0.25) is 0 Å². The lowest BCUT2D eigenvalue weighted by molar-refractivity contribution is -0.119. The number of benzene rings is 2. The monoisotopic (exact) mass is 311 g/mol. The van der Waals surface area contributed by atoms with Crippen LogP contribution in [-0.4, -0.2) is 16.1 Å². The number of amides is 1. The first-order chi connectivity index (χ1) is 10.9. The predicted octanol–water partition coefficient (Wildman–Crippen LogP) is 3.95. The zero-order valence-electron chi connectivity index (χ0n) is 13.6. The largest absolute Gasteiger partial charge is 0.507 e. The highest BCUT2D eigenvalue weighted by molar-refractivity contribution is 6.08. The normalized spacial score (nSPS) is 15.3. The summed E-state index contributed by atoms with van der Waals surface area (Å²) in [6.07, 6.45) is 1.73. The summed E-state index contributed by atoms with van der Waals surface area (Å²) < 4.78 is 0. The van der Waals surface area contributed by atoms with Crippen LogP contribution in [0.4, 0.5) is 5.69 Å². The van der Waals surface area contributed by atoms with E-state index >= 15 is 0 Å². The molecule has 0 atom stereocenters. The number of aryl methyl sites for hydroxylation is 1. The maximum Gasteiger partial charge on any atom is 0.234 e. The van der Waals surface area contributed by atoms with E-state index < -0.39 is 5.41 Å². The van der Waals surface area contributed by atoms with E-state index in [2.05, 4.69) is 5.32 Å². The molecule has 0 saturated heterocycles. The minimum absolute atomic E-state index is 0.0389. The molecule has 0 radical (unpaired) electrons. The van der Waals surface area contributed by atoms with Crippen LogP contribution in [0.1, 0.15) is 38.3 Å². The fourth-order valence-corrected chi connectivity index (χ4v) is 3.31. The first-order valence-electron chi connectivity index (χ1n) is 7.86. The number of hydrogen-bond donors (Lipinski definition) is 3. The van der Waals surface area contributed by atoms with Crippen molar-refractivity contribution < 1.29 is 15.0 Å². The van der Waals surface area contributed by atoms with Crippen molar-refractivity contribution in [2.75, 3.05) is 5.32 Å². The molecule has 120 valence electrons. The number of phenolic OH excluding ortho intramolecular Hbond substituents is 2. The molecule has 0 spiro atoms. The van der Waals surface area contributed by atoms with Gasteiger partial charge in [-0.1, -0.05) is 25.5 Å². The maximum atomic E-state index is 12.2. The third kappa shape index (κ3) is 2.34. The first kappa shape index (κ1) is 15.4. The van der Waals surface area contributed by atoms with Crippen LogP contribution in [0, 0.1) is 0 Å². The van der Waals surface area contributed by atoms with Crippen molar-refractivity contribution in [3.05, 3.63) is 41.5 Å². The highest BCUT2D eigenvalue weighted by Crippen LogP contribution is 2.48. The Kier molecular flexibility index (Phi) is 3.55. The fraction of sp³-hybridized carbons (Fsp3) is 0.316. The number of phenols is 2. The van der Waals surface area contributed by atoms with Gasteiger partial charge in [0.1, 0.15) is 11.5 Å². The van der Waals surface area contributed by atoms with Gasteiger partial charge in [-0.15, -0.1) is 0 Å². The molecule has 23 heavy (non-hydrogen) atoms. The Bertz CT molecular complexity index is 770. The molecule has 0 unspecified atom stereocenters. The van der Waals surface area contributed by atoms with E-state index in [4.69, 9.17) is 0 Å². The minimum Gasteiger partial charge on any atom is -0.507 e.